The van der Waals surface area contributed by atoms with E-state index in [0.717, 1.165) is 46.4 Å². The van der Waals surface area contributed by atoms with Gasteiger partial charge < -0.3 is 29.2 Å². The van der Waals surface area contributed by atoms with Crippen LogP contribution < -0.4 is 4.74 Å². The van der Waals surface area contributed by atoms with Gasteiger partial charge in [-0.25, -0.2) is 0 Å². The molecular formula is C39H43ClO6. The van der Waals surface area contributed by atoms with Crippen LogP contribution in [-0.2, 0) is 33.8 Å². The van der Waals surface area contributed by atoms with E-state index in [9.17, 15) is 10.2 Å². The Morgan fingerprint density at radius 1 is 0.848 bits per heavy atom. The van der Waals surface area contributed by atoms with Crippen LogP contribution >= 0.6 is 11.6 Å². The lowest BCUT2D eigenvalue weighted by Gasteiger charge is -2.60. The predicted molar refractivity (Wildman–Crippen MR) is 179 cm³/mol. The molecule has 6 rings (SSSR count). The van der Waals surface area contributed by atoms with Crippen LogP contribution in [0.2, 0.25) is 5.02 Å². The summed E-state index contributed by atoms with van der Waals surface area (Å²) in [4.78, 5) is 0. The lowest BCUT2D eigenvalue weighted by Crippen LogP contribution is -2.65. The highest BCUT2D eigenvalue weighted by Crippen LogP contribution is 2.56. The molecule has 2 N–H and O–H groups in total. The molecule has 4 aromatic carbocycles. The molecular weight excluding hydrogens is 600 g/mol. The number of aliphatic hydroxyl groups is 2. The highest BCUT2D eigenvalue weighted by Gasteiger charge is 2.61. The molecule has 7 heteroatoms. The first-order chi connectivity index (χ1) is 22.5. The zero-order chi connectivity index (χ0) is 31.9. The number of rotatable bonds is 14. The molecule has 1 aliphatic carbocycles. The number of hydrogen-bond acceptors (Lipinski definition) is 6. The van der Waals surface area contributed by atoms with Gasteiger partial charge >= 0.3 is 0 Å². The maximum absolute atomic E-state index is 10.7. The molecule has 242 valence electrons. The molecule has 46 heavy (non-hydrogen) atoms. The summed E-state index contributed by atoms with van der Waals surface area (Å²) in [6, 6.07) is 34.4. The van der Waals surface area contributed by atoms with Crippen LogP contribution in [0, 0.1) is 5.92 Å². The van der Waals surface area contributed by atoms with Crippen molar-refractivity contribution in [2.75, 3.05) is 13.2 Å². The third-order valence-electron chi connectivity index (χ3n) is 9.32. The quantitative estimate of drug-likeness (QED) is 0.149. The molecule has 6 nitrogen and oxygen atoms in total. The molecule has 0 aromatic heterocycles. The van der Waals surface area contributed by atoms with E-state index in [2.05, 4.69) is 42.5 Å². The van der Waals surface area contributed by atoms with Crippen molar-refractivity contribution in [2.45, 2.75) is 75.8 Å². The standard InChI is InChI=1S/C39H43ClO6/c1-2-43-33-16-13-27(14-17-33)21-31-22-30(15-18-35(31)40)36-38(45-26-29-11-7-4-8-12-29)37(44-25-28-9-5-3-6-10-28)34-19-20-39(34,46-36)23-32(42)24-41/h3-18,22,32,34,36-38,41-42H,2,19-21,23-26H2,1H3/t32?,34-,36+,37+,38+,39+/m1/s1. The number of halogens is 1. The molecule has 1 saturated carbocycles. The average Bonchev–Trinajstić information content (AvgIpc) is 3.08. The third kappa shape index (κ3) is 7.49. The van der Waals surface area contributed by atoms with Crippen LogP contribution in [0.3, 0.4) is 0 Å². The Hall–Kier alpha value is -3.23. The molecule has 4 aromatic rings. The van der Waals surface area contributed by atoms with Crippen molar-refractivity contribution < 1.29 is 29.2 Å². The Morgan fingerprint density at radius 3 is 2.09 bits per heavy atom. The van der Waals surface area contributed by atoms with Gasteiger partial charge in [0.25, 0.3) is 0 Å². The minimum Gasteiger partial charge on any atom is -0.494 e. The van der Waals surface area contributed by atoms with E-state index in [1.807, 2.05) is 67.6 Å². The van der Waals surface area contributed by atoms with E-state index in [4.69, 9.17) is 30.5 Å². The van der Waals surface area contributed by atoms with Gasteiger partial charge in [0, 0.05) is 17.4 Å². The zero-order valence-corrected chi connectivity index (χ0v) is 27.0. The van der Waals surface area contributed by atoms with Gasteiger partial charge in [-0.1, -0.05) is 96.5 Å². The van der Waals surface area contributed by atoms with Crippen LogP contribution in [0.15, 0.2) is 103 Å². The van der Waals surface area contributed by atoms with Crippen molar-refractivity contribution >= 4 is 11.6 Å². The highest BCUT2D eigenvalue weighted by molar-refractivity contribution is 6.31. The van der Waals surface area contributed by atoms with E-state index in [0.29, 0.717) is 37.7 Å². The summed E-state index contributed by atoms with van der Waals surface area (Å²) in [7, 11) is 0. The van der Waals surface area contributed by atoms with Crippen molar-refractivity contribution in [2.24, 2.45) is 5.92 Å². The van der Waals surface area contributed by atoms with Crippen LogP contribution in [0.5, 0.6) is 5.75 Å². The normalized spacial score (nSPS) is 24.5. The van der Waals surface area contributed by atoms with Gasteiger partial charge in [-0.15, -0.1) is 0 Å². The van der Waals surface area contributed by atoms with Crippen molar-refractivity contribution in [3.63, 3.8) is 0 Å². The molecule has 2 aliphatic rings. The van der Waals surface area contributed by atoms with Crippen LogP contribution in [0.4, 0.5) is 0 Å². The fraction of sp³-hybridized carbons (Fsp3) is 0.385. The summed E-state index contributed by atoms with van der Waals surface area (Å²) in [6.45, 7) is 3.11. The lowest BCUT2D eigenvalue weighted by molar-refractivity contribution is -0.315. The number of ether oxygens (including phenoxy) is 4. The topological polar surface area (TPSA) is 77.4 Å². The highest BCUT2D eigenvalue weighted by atomic mass is 35.5. The molecule has 0 spiro atoms. The third-order valence-corrected chi connectivity index (χ3v) is 9.69. The number of aliphatic hydroxyl groups excluding tert-OH is 2. The molecule has 6 atom stereocenters. The van der Waals surface area contributed by atoms with Crippen LogP contribution in [0.1, 0.15) is 60.1 Å². The number of benzene rings is 4. The molecule has 0 bridgehead atoms. The summed E-state index contributed by atoms with van der Waals surface area (Å²) >= 11 is 6.79. The monoisotopic (exact) mass is 642 g/mol. The first kappa shape index (κ1) is 32.7. The second-order valence-corrected chi connectivity index (χ2v) is 12.8. The van der Waals surface area contributed by atoms with Gasteiger partial charge in [0.15, 0.2) is 0 Å². The van der Waals surface area contributed by atoms with Crippen LogP contribution in [0.25, 0.3) is 0 Å². The van der Waals surface area contributed by atoms with E-state index in [1.165, 1.54) is 0 Å². The van der Waals surface area contributed by atoms with E-state index in [-0.39, 0.29) is 18.6 Å². The molecule has 1 heterocycles. The van der Waals surface area contributed by atoms with E-state index >= 15 is 0 Å². The van der Waals surface area contributed by atoms with Gasteiger partial charge in [-0.3, -0.25) is 0 Å². The van der Waals surface area contributed by atoms with Crippen molar-refractivity contribution in [3.05, 3.63) is 136 Å². The Bertz CT molecular complexity index is 1530. The molecule has 1 saturated heterocycles. The smallest absolute Gasteiger partial charge is 0.119 e. The maximum atomic E-state index is 10.7. The summed E-state index contributed by atoms with van der Waals surface area (Å²) in [5, 5.41) is 21.2. The minimum absolute atomic E-state index is 0.00469. The molecule has 1 aliphatic heterocycles. The first-order valence-electron chi connectivity index (χ1n) is 16.3. The first-order valence-corrected chi connectivity index (χ1v) is 16.6. The van der Waals surface area contributed by atoms with Gasteiger partial charge in [-0.2, -0.15) is 0 Å². The maximum Gasteiger partial charge on any atom is 0.119 e. The van der Waals surface area contributed by atoms with Gasteiger partial charge in [0.05, 0.1) is 44.2 Å². The summed E-state index contributed by atoms with van der Waals surface area (Å²) < 4.78 is 26.3. The number of hydrogen-bond donors (Lipinski definition) is 2. The Kier molecular flexibility index (Phi) is 10.7. The molecule has 0 radical (unpaired) electrons. The lowest BCUT2D eigenvalue weighted by atomic mass is 9.60. The molecule has 2 fully saturated rings. The summed E-state index contributed by atoms with van der Waals surface area (Å²) in [5.41, 5.74) is 4.55. The van der Waals surface area contributed by atoms with E-state index in [1.54, 1.807) is 0 Å². The van der Waals surface area contributed by atoms with Gasteiger partial charge in [0.1, 0.15) is 18.0 Å². The summed E-state index contributed by atoms with van der Waals surface area (Å²) in [6.07, 6.45) is 0.540. The number of fused-ring (bicyclic) bond motifs is 1. The van der Waals surface area contributed by atoms with Crippen molar-refractivity contribution in [1.29, 1.82) is 0 Å². The fourth-order valence-corrected chi connectivity index (χ4v) is 7.09. The fourth-order valence-electron chi connectivity index (χ4n) is 6.91. The van der Waals surface area contributed by atoms with Gasteiger partial charge in [-0.05, 0) is 72.2 Å². The summed E-state index contributed by atoms with van der Waals surface area (Å²) in [5.74, 6) is 0.845. The Balaban J connectivity index is 1.35. The average molecular weight is 643 g/mol. The Labute approximate surface area is 276 Å². The predicted octanol–water partition coefficient (Wildman–Crippen LogP) is 7.46. The van der Waals surface area contributed by atoms with Gasteiger partial charge in [0.2, 0.25) is 0 Å². The zero-order valence-electron chi connectivity index (χ0n) is 26.3. The molecule has 1 unspecified atom stereocenters. The largest absolute Gasteiger partial charge is 0.494 e. The Morgan fingerprint density at radius 2 is 1.50 bits per heavy atom. The van der Waals surface area contributed by atoms with Crippen molar-refractivity contribution in [3.8, 4) is 5.75 Å². The minimum atomic E-state index is -0.888. The second-order valence-electron chi connectivity index (χ2n) is 12.4. The molecule has 0 amide bonds. The van der Waals surface area contributed by atoms with Crippen LogP contribution in [-0.4, -0.2) is 47.3 Å². The van der Waals surface area contributed by atoms with E-state index < -0.39 is 23.9 Å². The second kappa shape index (κ2) is 15.1. The van der Waals surface area contributed by atoms with Crippen molar-refractivity contribution in [1.82, 2.24) is 0 Å². The SMILES string of the molecule is CCOc1ccc(Cc2cc([C@@H]3O[C@]4(CC(O)CO)CC[C@@H]4[C@H](OCc4ccccc4)[C@H]3OCc3ccccc3)ccc2Cl)cc1.